The van der Waals surface area contributed by atoms with Crippen molar-refractivity contribution in [2.24, 2.45) is 0 Å². The van der Waals surface area contributed by atoms with Crippen molar-refractivity contribution in [2.45, 2.75) is 0 Å². The first kappa shape index (κ1) is 28.0. The van der Waals surface area contributed by atoms with Gasteiger partial charge in [-0.1, -0.05) is 158 Å². The molecule has 2 heterocycles. The van der Waals surface area contributed by atoms with Crippen LogP contribution in [-0.2, 0) is 0 Å². The van der Waals surface area contributed by atoms with Crippen LogP contribution in [0.3, 0.4) is 0 Å². The van der Waals surface area contributed by atoms with Crippen LogP contribution in [-0.4, -0.2) is 19.5 Å². The minimum absolute atomic E-state index is 0.590. The average molecular weight is 649 g/mol. The van der Waals surface area contributed by atoms with Gasteiger partial charge in [0.25, 0.3) is 0 Å². The lowest BCUT2D eigenvalue weighted by Gasteiger charge is -2.15. The molecule has 0 saturated heterocycles. The molecule has 0 spiro atoms. The van der Waals surface area contributed by atoms with E-state index in [9.17, 15) is 0 Å². The molecule has 0 aliphatic carbocycles. The summed E-state index contributed by atoms with van der Waals surface area (Å²) in [6, 6.07) is 60.2. The number of aromatic nitrogens is 4. The summed E-state index contributed by atoms with van der Waals surface area (Å²) in [4.78, 5) is 15.9. The van der Waals surface area contributed by atoms with Crippen LogP contribution in [0.2, 0.25) is 0 Å². The molecule has 0 amide bonds. The van der Waals surface area contributed by atoms with Crippen LogP contribution in [0.25, 0.3) is 104 Å². The van der Waals surface area contributed by atoms with Gasteiger partial charge in [-0.15, -0.1) is 0 Å². The molecule has 2 aromatic heterocycles. The lowest BCUT2D eigenvalue weighted by Crippen LogP contribution is -2.07. The van der Waals surface area contributed by atoms with Gasteiger partial charge >= 0.3 is 0 Å². The molecule has 11 rings (SSSR count). The number of hydrogen-bond acceptors (Lipinski definition) is 3. The summed E-state index contributed by atoms with van der Waals surface area (Å²) < 4.78 is 2.27. The van der Waals surface area contributed by atoms with Gasteiger partial charge in [-0.3, -0.25) is 4.57 Å². The SMILES string of the molecule is c1ccc(-c2nc(-c3cc4ccccc4c4ccccc34)nc(-n3c4ccccc4c4c5c6ccccc6ccc5c5ccccc5c43)n2)cc1. The van der Waals surface area contributed by atoms with Gasteiger partial charge in [0.2, 0.25) is 5.95 Å². The third-order valence-electron chi connectivity index (χ3n) is 10.4. The maximum atomic E-state index is 5.42. The number of para-hydroxylation sites is 1. The largest absolute Gasteiger partial charge is 0.277 e. The minimum Gasteiger partial charge on any atom is -0.277 e. The van der Waals surface area contributed by atoms with Crippen LogP contribution < -0.4 is 0 Å². The normalized spacial score (nSPS) is 11.9. The molecule has 0 unspecified atom stereocenters. The molecule has 0 atom stereocenters. The van der Waals surface area contributed by atoms with Crippen LogP contribution >= 0.6 is 0 Å². The highest BCUT2D eigenvalue weighted by atomic mass is 15.2. The van der Waals surface area contributed by atoms with Crippen LogP contribution in [0.4, 0.5) is 0 Å². The van der Waals surface area contributed by atoms with Gasteiger partial charge in [0.1, 0.15) is 0 Å². The molecule has 11 aromatic rings. The van der Waals surface area contributed by atoms with E-state index in [0.29, 0.717) is 17.6 Å². The maximum Gasteiger partial charge on any atom is 0.238 e. The van der Waals surface area contributed by atoms with E-state index < -0.39 is 0 Å². The van der Waals surface area contributed by atoms with Crippen LogP contribution in [0.15, 0.2) is 170 Å². The van der Waals surface area contributed by atoms with Crippen molar-refractivity contribution in [3.8, 4) is 28.7 Å². The van der Waals surface area contributed by atoms with E-state index in [4.69, 9.17) is 15.0 Å². The van der Waals surface area contributed by atoms with Gasteiger partial charge in [0, 0.05) is 32.7 Å². The highest BCUT2D eigenvalue weighted by molar-refractivity contribution is 6.36. The average Bonchev–Trinajstić information content (AvgIpc) is 3.56. The summed E-state index contributed by atoms with van der Waals surface area (Å²) in [6.07, 6.45) is 0. The Morgan fingerprint density at radius 2 is 0.941 bits per heavy atom. The van der Waals surface area contributed by atoms with Gasteiger partial charge in [0.15, 0.2) is 11.6 Å². The lowest BCUT2D eigenvalue weighted by atomic mass is 9.93. The summed E-state index contributed by atoms with van der Waals surface area (Å²) in [5.74, 6) is 1.86. The quantitative estimate of drug-likeness (QED) is 0.179. The molecule has 51 heavy (non-hydrogen) atoms. The Labute approximate surface area is 292 Å². The summed E-state index contributed by atoms with van der Waals surface area (Å²) in [5, 5.41) is 14.3. The molecule has 236 valence electrons. The Morgan fingerprint density at radius 1 is 0.353 bits per heavy atom. The van der Waals surface area contributed by atoms with E-state index in [-0.39, 0.29) is 0 Å². The molecule has 0 aliphatic rings. The van der Waals surface area contributed by atoms with E-state index in [1.54, 1.807) is 0 Å². The van der Waals surface area contributed by atoms with Crippen LogP contribution in [0, 0.1) is 0 Å². The van der Waals surface area contributed by atoms with E-state index in [0.717, 1.165) is 38.3 Å². The number of benzene rings is 9. The molecular formula is C47H28N4. The van der Waals surface area contributed by atoms with E-state index in [1.807, 2.05) is 18.2 Å². The van der Waals surface area contributed by atoms with Gasteiger partial charge in [-0.25, -0.2) is 4.98 Å². The van der Waals surface area contributed by atoms with Gasteiger partial charge < -0.3 is 0 Å². The van der Waals surface area contributed by atoms with Crippen molar-refractivity contribution in [3.05, 3.63) is 170 Å². The second kappa shape index (κ2) is 10.8. The standard InChI is InChI=1S/C47H28N4/c1-2-15-30(16-3-1)45-48-46(40-28-31-17-5-6-18-32(31)34-20-8-9-21-35(34)40)50-47(49-45)51-41-25-13-12-24-39(41)43-42-33-19-7-4-14-29(33)26-27-37(42)36-22-10-11-23-38(36)44(43)51/h1-28H. The molecule has 4 heteroatoms. The number of hydrogen-bond donors (Lipinski definition) is 0. The Hall–Kier alpha value is -6.91. The fourth-order valence-electron chi connectivity index (χ4n) is 8.19. The summed E-state index contributed by atoms with van der Waals surface area (Å²) in [7, 11) is 0. The molecule has 0 aliphatic heterocycles. The van der Waals surface area contributed by atoms with Crippen LogP contribution in [0.1, 0.15) is 0 Å². The number of nitrogens with zero attached hydrogens (tertiary/aromatic N) is 4. The highest BCUT2D eigenvalue weighted by Crippen LogP contribution is 2.44. The lowest BCUT2D eigenvalue weighted by molar-refractivity contribution is 0.956. The smallest absolute Gasteiger partial charge is 0.238 e. The van der Waals surface area contributed by atoms with E-state index in [1.165, 1.54) is 48.5 Å². The predicted octanol–water partition coefficient (Wildman–Crippen LogP) is 12.1. The molecule has 0 bridgehead atoms. The molecule has 0 radical (unpaired) electrons. The topological polar surface area (TPSA) is 43.6 Å². The molecule has 0 N–H and O–H groups in total. The third kappa shape index (κ3) is 4.11. The Kier molecular flexibility index (Phi) is 5.92. The molecular weight excluding hydrogens is 621 g/mol. The molecule has 4 nitrogen and oxygen atoms in total. The molecule has 0 fully saturated rings. The maximum absolute atomic E-state index is 5.42. The second-order valence-electron chi connectivity index (χ2n) is 13.2. The van der Waals surface area contributed by atoms with Crippen molar-refractivity contribution in [1.82, 2.24) is 19.5 Å². The zero-order chi connectivity index (χ0) is 33.5. The fourth-order valence-corrected chi connectivity index (χ4v) is 8.19. The second-order valence-corrected chi connectivity index (χ2v) is 13.2. The number of fused-ring (bicyclic) bond motifs is 13. The van der Waals surface area contributed by atoms with Crippen LogP contribution in [0.5, 0.6) is 0 Å². The summed E-state index contributed by atoms with van der Waals surface area (Å²) in [5.41, 5.74) is 4.06. The zero-order valence-corrected chi connectivity index (χ0v) is 27.5. The molecule has 9 aromatic carbocycles. The van der Waals surface area contributed by atoms with Gasteiger partial charge in [0.05, 0.1) is 11.0 Å². The fraction of sp³-hybridized carbons (Fsp3) is 0. The van der Waals surface area contributed by atoms with Crippen molar-refractivity contribution in [1.29, 1.82) is 0 Å². The first-order valence-corrected chi connectivity index (χ1v) is 17.3. The van der Waals surface area contributed by atoms with Crippen molar-refractivity contribution < 1.29 is 0 Å². The Bertz CT molecular complexity index is 3200. The zero-order valence-electron chi connectivity index (χ0n) is 27.5. The van der Waals surface area contributed by atoms with Gasteiger partial charge in [-0.05, 0) is 55.2 Å². The summed E-state index contributed by atoms with van der Waals surface area (Å²) in [6.45, 7) is 0. The van der Waals surface area contributed by atoms with Crippen molar-refractivity contribution >= 4 is 75.7 Å². The predicted molar refractivity (Wildman–Crippen MR) is 213 cm³/mol. The number of rotatable bonds is 3. The Balaban J connectivity index is 1.33. The van der Waals surface area contributed by atoms with Crippen molar-refractivity contribution in [3.63, 3.8) is 0 Å². The molecule has 0 saturated carbocycles. The highest BCUT2D eigenvalue weighted by Gasteiger charge is 2.23. The van der Waals surface area contributed by atoms with E-state index >= 15 is 0 Å². The summed E-state index contributed by atoms with van der Waals surface area (Å²) >= 11 is 0. The van der Waals surface area contributed by atoms with E-state index in [2.05, 4.69) is 156 Å². The minimum atomic E-state index is 0.590. The third-order valence-corrected chi connectivity index (χ3v) is 10.4. The Morgan fingerprint density at radius 3 is 1.75 bits per heavy atom. The van der Waals surface area contributed by atoms with Gasteiger partial charge in [-0.2, -0.15) is 9.97 Å². The first-order valence-electron chi connectivity index (χ1n) is 17.3. The van der Waals surface area contributed by atoms with Crippen molar-refractivity contribution in [2.75, 3.05) is 0 Å². The monoisotopic (exact) mass is 648 g/mol. The first-order chi connectivity index (χ1) is 25.3.